The average Bonchev–Trinajstić information content (AvgIpc) is 3.10. The number of hydrogen-bond donors (Lipinski definition) is 0. The molecule has 0 saturated heterocycles. The summed E-state index contributed by atoms with van der Waals surface area (Å²) in [5.41, 5.74) is 1.67. The van der Waals surface area contributed by atoms with Gasteiger partial charge in [0.05, 0.1) is 9.82 Å². The molecule has 1 heterocycles. The van der Waals surface area contributed by atoms with Crippen molar-refractivity contribution in [2.45, 2.75) is 31.0 Å². The SMILES string of the molecule is CCCN1C(=O)c2ccccc2[C@H]1N(Cc1ccccc1)S(=O)(=O)c1ccc([N+](=O)[O-])cc1. The van der Waals surface area contributed by atoms with E-state index in [0.717, 1.165) is 5.56 Å². The molecule has 0 fully saturated rings. The highest BCUT2D eigenvalue weighted by atomic mass is 32.2. The highest BCUT2D eigenvalue weighted by Crippen LogP contribution is 2.40. The van der Waals surface area contributed by atoms with E-state index < -0.39 is 21.1 Å². The number of carbonyl (C=O) groups is 1. The van der Waals surface area contributed by atoms with Gasteiger partial charge in [-0.25, -0.2) is 8.42 Å². The Hall–Kier alpha value is -3.56. The monoisotopic (exact) mass is 465 g/mol. The van der Waals surface area contributed by atoms with Crippen LogP contribution >= 0.6 is 0 Å². The summed E-state index contributed by atoms with van der Waals surface area (Å²) < 4.78 is 29.1. The van der Waals surface area contributed by atoms with Crippen molar-refractivity contribution >= 4 is 21.6 Å². The first-order valence-corrected chi connectivity index (χ1v) is 12.0. The first-order chi connectivity index (χ1) is 15.8. The number of hydrogen-bond acceptors (Lipinski definition) is 5. The minimum Gasteiger partial charge on any atom is -0.318 e. The second-order valence-corrected chi connectivity index (χ2v) is 9.64. The number of non-ortho nitro benzene ring substituents is 1. The van der Waals surface area contributed by atoms with Crippen LogP contribution in [-0.4, -0.2) is 35.0 Å². The Morgan fingerprint density at radius 3 is 2.24 bits per heavy atom. The number of rotatable bonds is 8. The molecular formula is C24H23N3O5S. The Labute approximate surface area is 192 Å². The van der Waals surface area contributed by atoms with Crippen LogP contribution in [0.4, 0.5) is 5.69 Å². The largest absolute Gasteiger partial charge is 0.318 e. The molecule has 9 heteroatoms. The zero-order valence-corrected chi connectivity index (χ0v) is 18.8. The van der Waals surface area contributed by atoms with Crippen molar-refractivity contribution in [2.24, 2.45) is 0 Å². The zero-order valence-electron chi connectivity index (χ0n) is 18.0. The van der Waals surface area contributed by atoms with Crippen LogP contribution in [-0.2, 0) is 16.6 Å². The molecule has 0 aromatic heterocycles. The molecule has 0 bridgehead atoms. The van der Waals surface area contributed by atoms with Gasteiger partial charge in [-0.05, 0) is 30.2 Å². The van der Waals surface area contributed by atoms with E-state index in [4.69, 9.17) is 0 Å². The molecule has 0 N–H and O–H groups in total. The number of amides is 1. The number of carbonyl (C=O) groups excluding carboxylic acids is 1. The number of sulfonamides is 1. The Morgan fingerprint density at radius 1 is 0.970 bits per heavy atom. The van der Waals surface area contributed by atoms with Crippen LogP contribution < -0.4 is 0 Å². The number of nitro groups is 1. The number of nitrogens with zero attached hydrogens (tertiary/aromatic N) is 3. The van der Waals surface area contributed by atoms with Crippen LogP contribution in [0.5, 0.6) is 0 Å². The van der Waals surface area contributed by atoms with Crippen molar-refractivity contribution in [1.82, 2.24) is 9.21 Å². The third kappa shape index (κ3) is 4.24. The highest BCUT2D eigenvalue weighted by molar-refractivity contribution is 7.89. The first-order valence-electron chi connectivity index (χ1n) is 10.5. The summed E-state index contributed by atoms with van der Waals surface area (Å²) in [6.07, 6.45) is -0.165. The molecule has 33 heavy (non-hydrogen) atoms. The predicted molar refractivity (Wildman–Crippen MR) is 123 cm³/mol. The molecule has 8 nitrogen and oxygen atoms in total. The van der Waals surface area contributed by atoms with Gasteiger partial charge in [-0.1, -0.05) is 55.5 Å². The minimum atomic E-state index is -4.13. The number of benzene rings is 3. The topological polar surface area (TPSA) is 101 Å². The lowest BCUT2D eigenvalue weighted by Crippen LogP contribution is -2.43. The molecule has 0 saturated carbocycles. The normalized spacial score (nSPS) is 15.6. The van der Waals surface area contributed by atoms with E-state index in [9.17, 15) is 23.3 Å². The third-order valence-corrected chi connectivity index (χ3v) is 7.41. The fourth-order valence-electron chi connectivity index (χ4n) is 4.07. The molecule has 170 valence electrons. The van der Waals surface area contributed by atoms with Crippen molar-refractivity contribution in [1.29, 1.82) is 0 Å². The lowest BCUT2D eigenvalue weighted by molar-refractivity contribution is -0.384. The van der Waals surface area contributed by atoms with Gasteiger partial charge in [0.15, 0.2) is 0 Å². The summed E-state index contributed by atoms with van der Waals surface area (Å²) in [5, 5.41) is 11.0. The van der Waals surface area contributed by atoms with Gasteiger partial charge in [0.1, 0.15) is 6.17 Å². The fourth-order valence-corrected chi connectivity index (χ4v) is 5.63. The summed E-state index contributed by atoms with van der Waals surface area (Å²) in [6.45, 7) is 2.35. The molecular weight excluding hydrogens is 442 g/mol. The standard InChI is InChI=1S/C24H23N3O5S/c1-2-16-25-23(21-10-6-7-11-22(21)24(25)28)26(17-18-8-4-3-5-9-18)33(31,32)20-14-12-19(13-15-20)27(29)30/h3-15,23H,2,16-17H2,1H3/t23-/m1/s1. The lowest BCUT2D eigenvalue weighted by atomic mass is 10.1. The maximum Gasteiger partial charge on any atom is 0.269 e. The van der Waals surface area contributed by atoms with E-state index in [1.807, 2.05) is 37.3 Å². The van der Waals surface area contributed by atoms with Crippen LogP contribution in [0.25, 0.3) is 0 Å². The number of nitro benzene ring substituents is 1. The molecule has 3 aromatic carbocycles. The van der Waals surface area contributed by atoms with Gasteiger partial charge in [-0.3, -0.25) is 14.9 Å². The van der Waals surface area contributed by atoms with Crippen LogP contribution in [0.3, 0.4) is 0 Å². The molecule has 3 aromatic rings. The van der Waals surface area contributed by atoms with E-state index >= 15 is 0 Å². The van der Waals surface area contributed by atoms with Crippen molar-refractivity contribution in [3.8, 4) is 0 Å². The zero-order chi connectivity index (χ0) is 23.6. The van der Waals surface area contributed by atoms with Crippen LogP contribution in [0, 0.1) is 10.1 Å². The van der Waals surface area contributed by atoms with E-state index in [0.29, 0.717) is 24.1 Å². The van der Waals surface area contributed by atoms with Gasteiger partial charge < -0.3 is 4.90 Å². The molecule has 1 atom stereocenters. The van der Waals surface area contributed by atoms with Gasteiger partial charge in [0, 0.05) is 36.3 Å². The molecule has 1 amide bonds. The summed E-state index contributed by atoms with van der Waals surface area (Å²) in [5.74, 6) is -0.214. The summed E-state index contributed by atoms with van der Waals surface area (Å²) in [6, 6.07) is 21.0. The van der Waals surface area contributed by atoms with Crippen LogP contribution in [0.2, 0.25) is 0 Å². The molecule has 0 radical (unpaired) electrons. The second kappa shape index (κ2) is 9.13. The molecule has 0 aliphatic carbocycles. The van der Waals surface area contributed by atoms with E-state index in [2.05, 4.69) is 0 Å². The van der Waals surface area contributed by atoms with Gasteiger partial charge >= 0.3 is 0 Å². The third-order valence-electron chi connectivity index (χ3n) is 5.60. The van der Waals surface area contributed by atoms with Gasteiger partial charge in [0.2, 0.25) is 10.0 Å². The smallest absolute Gasteiger partial charge is 0.269 e. The van der Waals surface area contributed by atoms with Crippen molar-refractivity contribution < 1.29 is 18.1 Å². The predicted octanol–water partition coefficient (Wildman–Crippen LogP) is 4.35. The second-order valence-electron chi connectivity index (χ2n) is 7.75. The van der Waals surface area contributed by atoms with Crippen molar-refractivity contribution in [3.05, 3.63) is 106 Å². The van der Waals surface area contributed by atoms with E-state index in [-0.39, 0.29) is 23.0 Å². The first kappa shape index (κ1) is 22.6. The summed E-state index contributed by atoms with van der Waals surface area (Å²) in [4.78, 5) is 25.1. The van der Waals surface area contributed by atoms with Crippen molar-refractivity contribution in [3.63, 3.8) is 0 Å². The van der Waals surface area contributed by atoms with Crippen LogP contribution in [0.15, 0.2) is 83.8 Å². The Morgan fingerprint density at radius 2 is 1.61 bits per heavy atom. The lowest BCUT2D eigenvalue weighted by Gasteiger charge is -2.35. The molecule has 0 spiro atoms. The molecule has 1 aliphatic heterocycles. The quantitative estimate of drug-likeness (QED) is 0.364. The van der Waals surface area contributed by atoms with E-state index in [1.165, 1.54) is 28.6 Å². The Balaban J connectivity index is 1.86. The molecule has 0 unspecified atom stereocenters. The minimum absolute atomic E-state index is 0.0344. The van der Waals surface area contributed by atoms with Gasteiger partial charge in [-0.2, -0.15) is 4.31 Å². The van der Waals surface area contributed by atoms with Gasteiger partial charge in [-0.15, -0.1) is 0 Å². The molecule has 4 rings (SSSR count). The Kier molecular flexibility index (Phi) is 6.26. The molecule has 1 aliphatic rings. The maximum absolute atomic E-state index is 13.9. The Bertz CT molecular complexity index is 1280. The van der Waals surface area contributed by atoms with Gasteiger partial charge in [0.25, 0.3) is 11.6 Å². The summed E-state index contributed by atoms with van der Waals surface area (Å²) in [7, 11) is -4.13. The van der Waals surface area contributed by atoms with Crippen LogP contribution in [0.1, 0.15) is 41.0 Å². The number of fused-ring (bicyclic) bond motifs is 1. The summed E-state index contributed by atoms with van der Waals surface area (Å²) >= 11 is 0. The maximum atomic E-state index is 13.9. The average molecular weight is 466 g/mol. The van der Waals surface area contributed by atoms with E-state index in [1.54, 1.807) is 29.2 Å². The van der Waals surface area contributed by atoms with Crippen molar-refractivity contribution in [2.75, 3.05) is 6.54 Å². The highest BCUT2D eigenvalue weighted by Gasteiger charge is 2.44. The fraction of sp³-hybridized carbons (Fsp3) is 0.208.